The maximum atomic E-state index is 5.99. The first-order valence-electron chi connectivity index (χ1n) is 8.72. The minimum Gasteiger partial charge on any atom is -0.488 e. The molecule has 0 aliphatic carbocycles. The maximum Gasteiger partial charge on any atom is 0.140 e. The second-order valence-corrected chi connectivity index (χ2v) is 7.54. The van der Waals surface area contributed by atoms with Crippen LogP contribution in [0.1, 0.15) is 44.9 Å². The molecular formula is C20H27N3O. The highest BCUT2D eigenvalue weighted by atomic mass is 16.5. The molecule has 0 bridgehead atoms. The Balaban J connectivity index is 2.03. The maximum absolute atomic E-state index is 5.99. The molecule has 0 radical (unpaired) electrons. The van der Waals surface area contributed by atoms with Gasteiger partial charge in [0.25, 0.3) is 0 Å². The van der Waals surface area contributed by atoms with Gasteiger partial charge in [-0.1, -0.05) is 6.07 Å². The molecule has 1 fully saturated rings. The summed E-state index contributed by atoms with van der Waals surface area (Å²) in [6, 6.07) is 6.30. The van der Waals surface area contributed by atoms with Crippen molar-refractivity contribution < 1.29 is 4.74 Å². The van der Waals surface area contributed by atoms with E-state index in [1.165, 1.54) is 24.0 Å². The molecular weight excluding hydrogens is 298 g/mol. The van der Waals surface area contributed by atoms with Crippen molar-refractivity contribution in [2.45, 2.75) is 53.1 Å². The molecule has 2 aromatic rings. The van der Waals surface area contributed by atoms with Crippen molar-refractivity contribution in [3.8, 4) is 16.9 Å². The van der Waals surface area contributed by atoms with Gasteiger partial charge < -0.3 is 9.64 Å². The fraction of sp³-hybridized carbons (Fsp3) is 0.500. The van der Waals surface area contributed by atoms with Gasteiger partial charge in [-0.2, -0.15) is 0 Å². The highest BCUT2D eigenvalue weighted by Gasteiger charge is 2.21. The van der Waals surface area contributed by atoms with E-state index in [1.807, 2.05) is 6.07 Å². The molecule has 0 saturated carbocycles. The van der Waals surface area contributed by atoms with Crippen LogP contribution in [0.3, 0.4) is 0 Å². The summed E-state index contributed by atoms with van der Waals surface area (Å²) in [7, 11) is 0. The van der Waals surface area contributed by atoms with Crippen molar-refractivity contribution in [2.24, 2.45) is 0 Å². The van der Waals surface area contributed by atoms with Crippen LogP contribution < -0.4 is 9.64 Å². The zero-order valence-electron chi connectivity index (χ0n) is 15.4. The van der Waals surface area contributed by atoms with Gasteiger partial charge in [-0.25, -0.2) is 9.97 Å². The fourth-order valence-corrected chi connectivity index (χ4v) is 3.28. The SMILES string of the molecule is Cc1cc(OC(C)(C)C)ccc1-c1c(C)ncnc1N1CCCC1. The third-order valence-corrected chi connectivity index (χ3v) is 4.31. The molecule has 1 aromatic carbocycles. The Hall–Kier alpha value is -2.10. The molecule has 0 spiro atoms. The number of nitrogens with zero attached hydrogens (tertiary/aromatic N) is 3. The van der Waals surface area contributed by atoms with E-state index < -0.39 is 0 Å². The number of aromatic nitrogens is 2. The largest absolute Gasteiger partial charge is 0.488 e. The number of anilines is 1. The van der Waals surface area contributed by atoms with Crippen LogP contribution in [0.5, 0.6) is 5.75 Å². The molecule has 1 aromatic heterocycles. The summed E-state index contributed by atoms with van der Waals surface area (Å²) < 4.78 is 5.99. The highest BCUT2D eigenvalue weighted by Crippen LogP contribution is 2.36. The summed E-state index contributed by atoms with van der Waals surface area (Å²) in [4.78, 5) is 11.4. The molecule has 4 heteroatoms. The van der Waals surface area contributed by atoms with Crippen LogP contribution in [0, 0.1) is 13.8 Å². The van der Waals surface area contributed by atoms with E-state index in [2.05, 4.69) is 61.6 Å². The van der Waals surface area contributed by atoms with Gasteiger partial charge in [0, 0.05) is 18.7 Å². The van der Waals surface area contributed by atoms with E-state index >= 15 is 0 Å². The number of hydrogen-bond donors (Lipinski definition) is 0. The topological polar surface area (TPSA) is 38.3 Å². The Kier molecular flexibility index (Phi) is 4.48. The lowest BCUT2D eigenvalue weighted by molar-refractivity contribution is 0.131. The summed E-state index contributed by atoms with van der Waals surface area (Å²) in [6.07, 6.45) is 4.15. The average molecular weight is 325 g/mol. The van der Waals surface area contributed by atoms with E-state index in [0.29, 0.717) is 0 Å². The molecule has 0 atom stereocenters. The first-order chi connectivity index (χ1) is 11.3. The van der Waals surface area contributed by atoms with Gasteiger partial charge in [0.1, 0.15) is 23.5 Å². The first kappa shape index (κ1) is 16.7. The third-order valence-electron chi connectivity index (χ3n) is 4.31. The number of aryl methyl sites for hydroxylation is 2. The quantitative estimate of drug-likeness (QED) is 0.830. The van der Waals surface area contributed by atoms with E-state index in [4.69, 9.17) is 4.74 Å². The third kappa shape index (κ3) is 3.53. The summed E-state index contributed by atoms with van der Waals surface area (Å²) in [5.74, 6) is 1.97. The molecule has 1 aliphatic heterocycles. The minimum absolute atomic E-state index is 0.194. The summed E-state index contributed by atoms with van der Waals surface area (Å²) in [5, 5.41) is 0. The summed E-state index contributed by atoms with van der Waals surface area (Å²) in [6.45, 7) is 12.5. The molecule has 3 rings (SSSR count). The minimum atomic E-state index is -0.194. The van der Waals surface area contributed by atoms with Crippen molar-refractivity contribution in [2.75, 3.05) is 18.0 Å². The van der Waals surface area contributed by atoms with Crippen LogP contribution in [0.4, 0.5) is 5.82 Å². The number of hydrogen-bond acceptors (Lipinski definition) is 4. The van der Waals surface area contributed by atoms with Gasteiger partial charge in [0.15, 0.2) is 0 Å². The summed E-state index contributed by atoms with van der Waals surface area (Å²) in [5.41, 5.74) is 4.37. The fourth-order valence-electron chi connectivity index (χ4n) is 3.28. The van der Waals surface area contributed by atoms with Crippen LogP contribution in [-0.2, 0) is 0 Å². The second-order valence-electron chi connectivity index (χ2n) is 7.54. The van der Waals surface area contributed by atoms with Crippen molar-refractivity contribution >= 4 is 5.82 Å². The smallest absolute Gasteiger partial charge is 0.140 e. The van der Waals surface area contributed by atoms with Crippen LogP contribution in [-0.4, -0.2) is 28.7 Å². The average Bonchev–Trinajstić information content (AvgIpc) is 3.00. The Bertz CT molecular complexity index is 728. The second kappa shape index (κ2) is 6.42. The molecule has 0 unspecified atom stereocenters. The van der Waals surface area contributed by atoms with E-state index in [-0.39, 0.29) is 5.60 Å². The van der Waals surface area contributed by atoms with Crippen LogP contribution >= 0.6 is 0 Å². The Morgan fingerprint density at radius 2 is 1.75 bits per heavy atom. The standard InChI is InChI=1S/C20H27N3O/c1-14-12-16(24-20(3,4)5)8-9-17(14)18-15(2)21-13-22-19(18)23-10-6-7-11-23/h8-9,12-13H,6-7,10-11H2,1-5H3. The van der Waals surface area contributed by atoms with Crippen molar-refractivity contribution in [3.05, 3.63) is 35.8 Å². The molecule has 128 valence electrons. The molecule has 4 nitrogen and oxygen atoms in total. The van der Waals surface area contributed by atoms with E-state index in [9.17, 15) is 0 Å². The first-order valence-corrected chi connectivity index (χ1v) is 8.72. The van der Waals surface area contributed by atoms with Crippen LogP contribution in [0.15, 0.2) is 24.5 Å². The van der Waals surface area contributed by atoms with Gasteiger partial charge in [0.05, 0.1) is 5.69 Å². The van der Waals surface area contributed by atoms with Gasteiger partial charge in [-0.3, -0.25) is 0 Å². The zero-order valence-corrected chi connectivity index (χ0v) is 15.4. The Morgan fingerprint density at radius 3 is 2.38 bits per heavy atom. The number of ether oxygens (including phenoxy) is 1. The van der Waals surface area contributed by atoms with Gasteiger partial charge in [-0.15, -0.1) is 0 Å². The van der Waals surface area contributed by atoms with Gasteiger partial charge in [0.2, 0.25) is 0 Å². The van der Waals surface area contributed by atoms with Gasteiger partial charge >= 0.3 is 0 Å². The van der Waals surface area contributed by atoms with Crippen molar-refractivity contribution in [1.82, 2.24) is 9.97 Å². The molecule has 24 heavy (non-hydrogen) atoms. The Morgan fingerprint density at radius 1 is 1.04 bits per heavy atom. The Labute approximate surface area is 144 Å². The number of benzene rings is 1. The molecule has 0 amide bonds. The molecule has 1 saturated heterocycles. The molecule has 1 aliphatic rings. The highest BCUT2D eigenvalue weighted by molar-refractivity contribution is 5.80. The predicted octanol–water partition coefficient (Wildman–Crippen LogP) is 4.54. The number of rotatable bonds is 3. The van der Waals surface area contributed by atoms with E-state index in [1.54, 1.807) is 6.33 Å². The monoisotopic (exact) mass is 325 g/mol. The van der Waals surface area contributed by atoms with Crippen LogP contribution in [0.25, 0.3) is 11.1 Å². The lowest BCUT2D eigenvalue weighted by Crippen LogP contribution is -2.23. The normalized spacial score (nSPS) is 15.0. The summed E-state index contributed by atoms with van der Waals surface area (Å²) >= 11 is 0. The van der Waals surface area contributed by atoms with Gasteiger partial charge in [-0.05, 0) is 70.7 Å². The van der Waals surface area contributed by atoms with Crippen LogP contribution in [0.2, 0.25) is 0 Å². The lowest BCUT2D eigenvalue weighted by atomic mass is 9.99. The molecule has 2 heterocycles. The lowest BCUT2D eigenvalue weighted by Gasteiger charge is -2.24. The predicted molar refractivity (Wildman–Crippen MR) is 98.8 cm³/mol. The van der Waals surface area contributed by atoms with Crippen molar-refractivity contribution in [1.29, 1.82) is 0 Å². The van der Waals surface area contributed by atoms with E-state index in [0.717, 1.165) is 35.9 Å². The zero-order chi connectivity index (χ0) is 17.3. The molecule has 0 N–H and O–H groups in total. The van der Waals surface area contributed by atoms with Crippen molar-refractivity contribution in [3.63, 3.8) is 0 Å².